The SMILES string of the molecule is CC(=O)SOC(=O)CCC(=O)O. The first-order chi connectivity index (χ1) is 5.52. The molecule has 0 heterocycles. The minimum atomic E-state index is -1.07. The highest BCUT2D eigenvalue weighted by atomic mass is 32.2. The molecule has 6 heteroatoms. The fourth-order valence-electron chi connectivity index (χ4n) is 0.356. The Morgan fingerprint density at radius 2 is 1.92 bits per heavy atom. The molecule has 0 aromatic heterocycles. The van der Waals surface area contributed by atoms with Crippen molar-refractivity contribution in [1.29, 1.82) is 0 Å². The summed E-state index contributed by atoms with van der Waals surface area (Å²) in [5, 5.41) is 7.81. The van der Waals surface area contributed by atoms with Gasteiger partial charge >= 0.3 is 11.9 Å². The van der Waals surface area contributed by atoms with Crippen molar-refractivity contribution in [3.8, 4) is 0 Å². The van der Waals surface area contributed by atoms with Gasteiger partial charge in [-0.15, -0.1) is 0 Å². The first-order valence-electron chi connectivity index (χ1n) is 3.12. The van der Waals surface area contributed by atoms with Crippen molar-refractivity contribution >= 4 is 29.1 Å². The van der Waals surface area contributed by atoms with Gasteiger partial charge in [0.15, 0.2) is 0 Å². The highest BCUT2D eigenvalue weighted by Crippen LogP contribution is 2.06. The molecule has 0 aromatic carbocycles. The lowest BCUT2D eigenvalue weighted by Gasteiger charge is -1.96. The highest BCUT2D eigenvalue weighted by molar-refractivity contribution is 8.09. The summed E-state index contributed by atoms with van der Waals surface area (Å²) >= 11 is 0.410. The Balaban J connectivity index is 3.47. The van der Waals surface area contributed by atoms with E-state index in [9.17, 15) is 14.4 Å². The van der Waals surface area contributed by atoms with Gasteiger partial charge in [-0.05, 0) is 0 Å². The van der Waals surface area contributed by atoms with Crippen molar-refractivity contribution in [2.45, 2.75) is 19.8 Å². The summed E-state index contributed by atoms with van der Waals surface area (Å²) in [6.07, 6.45) is -0.493. The van der Waals surface area contributed by atoms with Crippen LogP contribution in [0.5, 0.6) is 0 Å². The number of carboxylic acid groups (broad SMARTS) is 1. The van der Waals surface area contributed by atoms with Crippen LogP contribution >= 0.6 is 12.0 Å². The van der Waals surface area contributed by atoms with Crippen LogP contribution in [0.1, 0.15) is 19.8 Å². The van der Waals surface area contributed by atoms with Crippen LogP contribution in [-0.4, -0.2) is 22.2 Å². The molecule has 0 saturated heterocycles. The zero-order chi connectivity index (χ0) is 9.56. The molecule has 0 amide bonds. The molecule has 12 heavy (non-hydrogen) atoms. The molecular formula is C6H8O5S. The van der Waals surface area contributed by atoms with E-state index < -0.39 is 11.9 Å². The summed E-state index contributed by atoms with van der Waals surface area (Å²) in [4.78, 5) is 30.8. The van der Waals surface area contributed by atoms with Crippen molar-refractivity contribution in [1.82, 2.24) is 0 Å². The first kappa shape index (κ1) is 11.0. The van der Waals surface area contributed by atoms with Crippen LogP contribution in [0, 0.1) is 0 Å². The standard InChI is InChI=1S/C6H8O5S/c1-4(7)12-11-6(10)3-2-5(8)9/h2-3H2,1H3,(H,8,9). The second-order valence-corrected chi connectivity index (χ2v) is 2.83. The van der Waals surface area contributed by atoms with Crippen LogP contribution in [0.15, 0.2) is 0 Å². The van der Waals surface area contributed by atoms with E-state index in [0.29, 0.717) is 12.0 Å². The maximum Gasteiger partial charge on any atom is 0.318 e. The molecule has 0 aromatic rings. The lowest BCUT2D eigenvalue weighted by molar-refractivity contribution is -0.141. The monoisotopic (exact) mass is 192 g/mol. The second-order valence-electron chi connectivity index (χ2n) is 1.92. The summed E-state index contributed by atoms with van der Waals surface area (Å²) in [6, 6.07) is 0. The molecule has 0 bridgehead atoms. The maximum absolute atomic E-state index is 10.6. The lowest BCUT2D eigenvalue weighted by atomic mass is 10.3. The van der Waals surface area contributed by atoms with Crippen LogP contribution in [0.4, 0.5) is 0 Å². The Morgan fingerprint density at radius 1 is 1.33 bits per heavy atom. The van der Waals surface area contributed by atoms with E-state index in [1.165, 1.54) is 6.92 Å². The van der Waals surface area contributed by atoms with E-state index in [1.807, 2.05) is 0 Å². The number of aliphatic carboxylic acids is 1. The fraction of sp³-hybridized carbons (Fsp3) is 0.500. The average molecular weight is 192 g/mol. The van der Waals surface area contributed by atoms with Gasteiger partial charge in [-0.2, -0.15) is 0 Å². The Morgan fingerprint density at radius 3 is 2.33 bits per heavy atom. The van der Waals surface area contributed by atoms with Crippen molar-refractivity contribution in [3.63, 3.8) is 0 Å². The minimum Gasteiger partial charge on any atom is -0.481 e. The second kappa shape index (κ2) is 5.59. The molecule has 0 unspecified atom stereocenters. The zero-order valence-electron chi connectivity index (χ0n) is 6.40. The Labute approximate surface area is 73.3 Å². The van der Waals surface area contributed by atoms with Gasteiger partial charge in [-0.1, -0.05) is 0 Å². The molecule has 5 nitrogen and oxygen atoms in total. The molecule has 68 valence electrons. The molecule has 0 radical (unpaired) electrons. The van der Waals surface area contributed by atoms with Crippen LogP contribution in [0.3, 0.4) is 0 Å². The van der Waals surface area contributed by atoms with Gasteiger partial charge < -0.3 is 9.29 Å². The van der Waals surface area contributed by atoms with E-state index >= 15 is 0 Å². The molecule has 0 spiro atoms. The molecule has 0 rings (SSSR count). The van der Waals surface area contributed by atoms with Crippen LogP contribution < -0.4 is 0 Å². The third kappa shape index (κ3) is 7.07. The molecule has 0 fully saturated rings. The molecule has 1 N–H and O–H groups in total. The Kier molecular flexibility index (Phi) is 5.11. The van der Waals surface area contributed by atoms with Gasteiger partial charge in [0.05, 0.1) is 12.8 Å². The maximum atomic E-state index is 10.6. The highest BCUT2D eigenvalue weighted by Gasteiger charge is 2.08. The summed E-state index contributed by atoms with van der Waals surface area (Å²) in [7, 11) is 0. The number of carbonyl (C=O) groups is 3. The summed E-state index contributed by atoms with van der Waals surface area (Å²) in [6.45, 7) is 1.25. The third-order valence-corrected chi connectivity index (χ3v) is 1.30. The lowest BCUT2D eigenvalue weighted by Crippen LogP contribution is -2.04. The topological polar surface area (TPSA) is 80.7 Å². The van der Waals surface area contributed by atoms with Gasteiger partial charge in [0, 0.05) is 6.92 Å². The predicted octanol–water partition coefficient (Wildman–Crippen LogP) is 0.589. The summed E-state index contributed by atoms with van der Waals surface area (Å²) < 4.78 is 4.32. The van der Waals surface area contributed by atoms with Crippen molar-refractivity contribution in [2.75, 3.05) is 0 Å². The van der Waals surface area contributed by atoms with Gasteiger partial charge in [0.1, 0.15) is 12.0 Å². The summed E-state index contributed by atoms with van der Waals surface area (Å²) in [5.74, 6) is -1.77. The number of hydrogen-bond donors (Lipinski definition) is 1. The van der Waals surface area contributed by atoms with Crippen molar-refractivity contribution < 1.29 is 23.7 Å². The van der Waals surface area contributed by atoms with Crippen molar-refractivity contribution in [3.05, 3.63) is 0 Å². The summed E-state index contributed by atoms with van der Waals surface area (Å²) in [5.41, 5.74) is 0. The number of carboxylic acids is 1. The van der Waals surface area contributed by atoms with E-state index in [2.05, 4.69) is 4.18 Å². The Hall–Kier alpha value is -1.04. The molecule has 0 aliphatic rings. The normalized spacial score (nSPS) is 9.08. The van der Waals surface area contributed by atoms with E-state index in [4.69, 9.17) is 5.11 Å². The largest absolute Gasteiger partial charge is 0.481 e. The number of hydrogen-bond acceptors (Lipinski definition) is 5. The van der Waals surface area contributed by atoms with Gasteiger partial charge in [-0.3, -0.25) is 14.4 Å². The van der Waals surface area contributed by atoms with Gasteiger partial charge in [0.2, 0.25) is 5.12 Å². The third-order valence-electron chi connectivity index (χ3n) is 0.795. The molecule has 0 aliphatic heterocycles. The van der Waals surface area contributed by atoms with E-state index in [-0.39, 0.29) is 18.0 Å². The quantitative estimate of drug-likeness (QED) is 0.659. The van der Waals surface area contributed by atoms with E-state index in [1.54, 1.807) is 0 Å². The number of carbonyl (C=O) groups excluding carboxylic acids is 2. The average Bonchev–Trinajstić information content (AvgIpc) is 1.96. The molecule has 0 atom stereocenters. The minimum absolute atomic E-state index is 0.213. The first-order valence-corrected chi connectivity index (χ1v) is 3.86. The molecule has 0 saturated carbocycles. The fourth-order valence-corrected chi connectivity index (χ4v) is 0.649. The zero-order valence-corrected chi connectivity index (χ0v) is 7.22. The Bertz CT molecular complexity index is 180. The number of rotatable bonds is 3. The van der Waals surface area contributed by atoms with E-state index in [0.717, 1.165) is 0 Å². The van der Waals surface area contributed by atoms with Crippen molar-refractivity contribution in [2.24, 2.45) is 0 Å². The molecular weight excluding hydrogens is 184 g/mol. The molecule has 0 aliphatic carbocycles. The smallest absolute Gasteiger partial charge is 0.318 e. The van der Waals surface area contributed by atoms with Crippen LogP contribution in [-0.2, 0) is 18.6 Å². The predicted molar refractivity (Wildman–Crippen MR) is 41.2 cm³/mol. The van der Waals surface area contributed by atoms with Crippen LogP contribution in [0.25, 0.3) is 0 Å². The van der Waals surface area contributed by atoms with Crippen LogP contribution in [0.2, 0.25) is 0 Å². The van der Waals surface area contributed by atoms with Gasteiger partial charge in [-0.25, -0.2) is 0 Å². The van der Waals surface area contributed by atoms with Gasteiger partial charge in [0.25, 0.3) is 0 Å².